The Balaban J connectivity index is 2.36. The molecule has 0 aliphatic heterocycles. The predicted molar refractivity (Wildman–Crippen MR) is 65.9 cm³/mol. The quantitative estimate of drug-likeness (QED) is 0.878. The van der Waals surface area contributed by atoms with Crippen LogP contribution in [0.3, 0.4) is 0 Å². The molecule has 4 nitrogen and oxygen atoms in total. The molecule has 1 aromatic heterocycles. The maximum atomic E-state index is 12.6. The Morgan fingerprint density at radius 1 is 1.16 bits per heavy atom. The molecule has 0 aliphatic rings. The van der Waals surface area contributed by atoms with Gasteiger partial charge in [-0.15, -0.1) is 0 Å². The van der Waals surface area contributed by atoms with E-state index >= 15 is 0 Å². The number of anilines is 3. The fraction of sp³-hybridized carbons (Fsp3) is 0.167. The van der Waals surface area contributed by atoms with Crippen molar-refractivity contribution in [2.24, 2.45) is 0 Å². The fourth-order valence-electron chi connectivity index (χ4n) is 1.51. The lowest BCUT2D eigenvalue weighted by Gasteiger charge is -2.11. The largest absolute Gasteiger partial charge is 0.451 e. The van der Waals surface area contributed by atoms with E-state index in [1.54, 1.807) is 12.1 Å². The first kappa shape index (κ1) is 13.1. The number of nitrogens with zero attached hydrogens (tertiary/aromatic N) is 2. The minimum atomic E-state index is -4.63. The lowest BCUT2D eigenvalue weighted by molar-refractivity contribution is -0.144. The number of nitrogen functional groups attached to an aromatic ring is 1. The van der Waals surface area contributed by atoms with Gasteiger partial charge in [0.25, 0.3) is 0 Å². The Kier molecular flexibility index (Phi) is 3.28. The van der Waals surface area contributed by atoms with E-state index in [2.05, 4.69) is 15.3 Å². The van der Waals surface area contributed by atoms with E-state index in [0.29, 0.717) is 5.69 Å². The van der Waals surface area contributed by atoms with E-state index in [1.165, 1.54) is 6.07 Å². The van der Waals surface area contributed by atoms with Gasteiger partial charge in [-0.3, -0.25) is 0 Å². The second-order valence-electron chi connectivity index (χ2n) is 3.94. The van der Waals surface area contributed by atoms with Gasteiger partial charge in [0.05, 0.1) is 0 Å². The minimum Gasteiger partial charge on any atom is -0.384 e. The topological polar surface area (TPSA) is 63.8 Å². The molecule has 0 saturated carbocycles. The molecule has 0 saturated heterocycles. The first-order valence-corrected chi connectivity index (χ1v) is 5.40. The normalized spacial score (nSPS) is 11.4. The number of rotatable bonds is 2. The average molecular weight is 268 g/mol. The molecule has 3 N–H and O–H groups in total. The third-order valence-corrected chi connectivity index (χ3v) is 2.41. The lowest BCUT2D eigenvalue weighted by Crippen LogP contribution is -2.13. The first-order chi connectivity index (χ1) is 8.86. The molecular formula is C12H11F3N4. The number of alkyl halides is 3. The van der Waals surface area contributed by atoms with Gasteiger partial charge < -0.3 is 11.1 Å². The van der Waals surface area contributed by atoms with Crippen LogP contribution in [0.2, 0.25) is 0 Å². The third-order valence-electron chi connectivity index (χ3n) is 2.41. The number of benzene rings is 1. The van der Waals surface area contributed by atoms with E-state index in [0.717, 1.165) is 5.56 Å². The molecule has 0 aliphatic carbocycles. The van der Waals surface area contributed by atoms with Gasteiger partial charge in [0, 0.05) is 11.8 Å². The number of para-hydroxylation sites is 1. The Bertz CT molecular complexity index is 596. The van der Waals surface area contributed by atoms with E-state index in [1.807, 2.05) is 19.1 Å². The summed E-state index contributed by atoms with van der Waals surface area (Å²) in [6.45, 7) is 1.83. The molecule has 1 aromatic carbocycles. The summed E-state index contributed by atoms with van der Waals surface area (Å²) in [5.74, 6) is -1.49. The van der Waals surface area contributed by atoms with Crippen LogP contribution in [0.25, 0.3) is 0 Å². The molecule has 2 rings (SSSR count). The van der Waals surface area contributed by atoms with Crippen LogP contribution in [-0.4, -0.2) is 9.97 Å². The molecule has 0 unspecified atom stereocenters. The smallest absolute Gasteiger partial charge is 0.384 e. The van der Waals surface area contributed by atoms with Crippen LogP contribution >= 0.6 is 0 Å². The molecule has 0 amide bonds. The maximum Gasteiger partial charge on any atom is 0.451 e. The molecule has 100 valence electrons. The molecule has 0 bridgehead atoms. The van der Waals surface area contributed by atoms with Crippen LogP contribution in [0.5, 0.6) is 0 Å². The number of nitrogens with one attached hydrogen (secondary N) is 1. The van der Waals surface area contributed by atoms with E-state index in [-0.39, 0.29) is 11.6 Å². The van der Waals surface area contributed by atoms with Crippen LogP contribution in [0, 0.1) is 6.92 Å². The van der Waals surface area contributed by atoms with Crippen LogP contribution in [0.4, 0.5) is 30.5 Å². The zero-order valence-electron chi connectivity index (χ0n) is 9.99. The van der Waals surface area contributed by atoms with Crippen molar-refractivity contribution in [3.05, 3.63) is 41.7 Å². The molecular weight excluding hydrogens is 257 g/mol. The highest BCUT2D eigenvalue weighted by Gasteiger charge is 2.35. The summed E-state index contributed by atoms with van der Waals surface area (Å²) in [5, 5.41) is 2.79. The Labute approximate surface area is 107 Å². The molecule has 2 aromatic rings. The van der Waals surface area contributed by atoms with Crippen LogP contribution in [0.15, 0.2) is 30.3 Å². The zero-order valence-corrected chi connectivity index (χ0v) is 9.99. The number of hydrogen-bond acceptors (Lipinski definition) is 4. The summed E-state index contributed by atoms with van der Waals surface area (Å²) in [6, 6.07) is 8.42. The van der Waals surface area contributed by atoms with Crippen molar-refractivity contribution >= 4 is 17.3 Å². The first-order valence-electron chi connectivity index (χ1n) is 5.40. The minimum absolute atomic E-state index is 0.00845. The van der Waals surface area contributed by atoms with Crippen LogP contribution in [0.1, 0.15) is 11.4 Å². The Hall–Kier alpha value is -2.31. The summed E-state index contributed by atoms with van der Waals surface area (Å²) in [7, 11) is 0. The summed E-state index contributed by atoms with van der Waals surface area (Å²) in [5.41, 5.74) is 6.90. The number of aromatic nitrogens is 2. The summed E-state index contributed by atoms with van der Waals surface area (Å²) < 4.78 is 37.7. The van der Waals surface area contributed by atoms with Crippen molar-refractivity contribution in [3.8, 4) is 0 Å². The molecule has 1 heterocycles. The van der Waals surface area contributed by atoms with Crippen molar-refractivity contribution in [1.29, 1.82) is 0 Å². The second-order valence-corrected chi connectivity index (χ2v) is 3.94. The fourth-order valence-corrected chi connectivity index (χ4v) is 1.51. The Morgan fingerprint density at radius 2 is 1.84 bits per heavy atom. The third kappa shape index (κ3) is 3.12. The van der Waals surface area contributed by atoms with Gasteiger partial charge >= 0.3 is 6.18 Å². The van der Waals surface area contributed by atoms with Gasteiger partial charge in [-0.1, -0.05) is 18.2 Å². The van der Waals surface area contributed by atoms with Crippen molar-refractivity contribution < 1.29 is 13.2 Å². The van der Waals surface area contributed by atoms with Gasteiger partial charge in [-0.25, -0.2) is 9.97 Å². The van der Waals surface area contributed by atoms with E-state index in [4.69, 9.17) is 5.73 Å². The molecule has 0 fully saturated rings. The summed E-state index contributed by atoms with van der Waals surface area (Å²) >= 11 is 0. The molecule has 19 heavy (non-hydrogen) atoms. The van der Waals surface area contributed by atoms with Gasteiger partial charge in [0.2, 0.25) is 5.82 Å². The highest BCUT2D eigenvalue weighted by atomic mass is 19.4. The molecule has 7 heteroatoms. The highest BCUT2D eigenvalue weighted by Crippen LogP contribution is 2.28. The van der Waals surface area contributed by atoms with Crippen molar-refractivity contribution in [1.82, 2.24) is 9.97 Å². The molecule has 0 radical (unpaired) electrons. The van der Waals surface area contributed by atoms with Gasteiger partial charge in [-0.2, -0.15) is 13.2 Å². The molecule has 0 spiro atoms. The SMILES string of the molecule is Cc1ccccc1Nc1cc(N)nc(C(F)(F)F)n1. The monoisotopic (exact) mass is 268 g/mol. The van der Waals surface area contributed by atoms with Crippen molar-refractivity contribution in [3.63, 3.8) is 0 Å². The lowest BCUT2D eigenvalue weighted by atomic mass is 10.2. The standard InChI is InChI=1S/C12H11F3N4/c1-7-4-2-3-5-8(7)17-10-6-9(16)18-11(19-10)12(13,14)15/h2-6H,1H3,(H3,16,17,18,19). The van der Waals surface area contributed by atoms with Gasteiger partial charge in [0.15, 0.2) is 0 Å². The van der Waals surface area contributed by atoms with Gasteiger partial charge in [-0.05, 0) is 18.6 Å². The van der Waals surface area contributed by atoms with Crippen molar-refractivity contribution in [2.45, 2.75) is 13.1 Å². The molecule has 0 atom stereocenters. The predicted octanol–water partition coefficient (Wildman–Crippen LogP) is 3.13. The summed E-state index contributed by atoms with van der Waals surface area (Å²) in [4.78, 5) is 6.58. The van der Waals surface area contributed by atoms with Crippen LogP contribution in [-0.2, 0) is 6.18 Å². The second kappa shape index (κ2) is 4.75. The Morgan fingerprint density at radius 3 is 2.47 bits per heavy atom. The highest BCUT2D eigenvalue weighted by molar-refractivity contribution is 5.61. The van der Waals surface area contributed by atoms with Gasteiger partial charge in [0.1, 0.15) is 11.6 Å². The number of hydrogen-bond donors (Lipinski definition) is 2. The number of aryl methyl sites for hydroxylation is 1. The van der Waals surface area contributed by atoms with E-state index < -0.39 is 12.0 Å². The number of nitrogens with two attached hydrogens (primary N) is 1. The number of halogens is 3. The van der Waals surface area contributed by atoms with Crippen LogP contribution < -0.4 is 11.1 Å². The summed E-state index contributed by atoms with van der Waals surface area (Å²) in [6.07, 6.45) is -4.63. The maximum absolute atomic E-state index is 12.6. The van der Waals surface area contributed by atoms with E-state index in [9.17, 15) is 13.2 Å². The zero-order chi connectivity index (χ0) is 14.0. The van der Waals surface area contributed by atoms with Crippen molar-refractivity contribution in [2.75, 3.05) is 11.1 Å². The average Bonchev–Trinajstić information content (AvgIpc) is 2.30.